The van der Waals surface area contributed by atoms with Gasteiger partial charge >= 0.3 is 23.9 Å². The van der Waals surface area contributed by atoms with E-state index in [1.165, 1.54) is 204 Å². The summed E-state index contributed by atoms with van der Waals surface area (Å²) in [6.07, 6.45) is 44.2. The quantitative estimate of drug-likeness (QED) is 0.0234. The molecule has 0 amide bonds. The van der Waals surface area contributed by atoms with E-state index in [-0.39, 0.29) is 23.1 Å². The molecule has 0 radical (unpaired) electrons. The molecule has 0 aliphatic carbocycles. The van der Waals surface area contributed by atoms with Crippen molar-refractivity contribution in [2.75, 3.05) is 26.4 Å². The van der Waals surface area contributed by atoms with Gasteiger partial charge in [0.15, 0.2) is 23.1 Å². The van der Waals surface area contributed by atoms with Gasteiger partial charge in [0.2, 0.25) is 0 Å². The average molecular weight is 1120 g/mol. The maximum absolute atomic E-state index is 15.0. The van der Waals surface area contributed by atoms with Crippen LogP contribution in [0.1, 0.15) is 266 Å². The number of ether oxygens (including phenoxy) is 6. The van der Waals surface area contributed by atoms with E-state index in [1.807, 2.05) is 0 Å². The maximum atomic E-state index is 15.0. The molecule has 10 nitrogen and oxygen atoms in total. The Morgan fingerprint density at radius 1 is 0.338 bits per heavy atom. The first kappa shape index (κ1) is 68.8. The fraction of sp³-hybridized carbons (Fsp3) is 0.618. The van der Waals surface area contributed by atoms with E-state index in [4.69, 9.17) is 28.4 Å². The van der Waals surface area contributed by atoms with Gasteiger partial charge in [-0.2, -0.15) is 0 Å². The van der Waals surface area contributed by atoms with E-state index in [1.54, 1.807) is 38.1 Å². The lowest BCUT2D eigenvalue weighted by molar-refractivity contribution is -0.139. The molecule has 0 unspecified atom stereocenters. The van der Waals surface area contributed by atoms with Crippen molar-refractivity contribution in [3.63, 3.8) is 0 Å². The second-order valence-corrected chi connectivity index (χ2v) is 21.8. The molecule has 12 heteroatoms. The SMILES string of the molecule is C=C(C)C(=O)OCCCCCCCCCCCCCCCCCCCCOc1ccc(C(=O)Oc2cc(F)c(OC(=O)c3ccc(OCCCCCCCCCCCCCCCCCCCCOC(=O)C(=C)C)cc3)cc2F)cc1. The second kappa shape index (κ2) is 45.1. The second-order valence-electron chi connectivity index (χ2n) is 21.8. The minimum Gasteiger partial charge on any atom is -0.494 e. The molecular formula is C68H100F2O10. The highest BCUT2D eigenvalue weighted by molar-refractivity contribution is 5.92. The van der Waals surface area contributed by atoms with Crippen LogP contribution in [0.15, 0.2) is 85.0 Å². The number of benzene rings is 3. The highest BCUT2D eigenvalue weighted by atomic mass is 19.1. The van der Waals surface area contributed by atoms with Gasteiger partial charge in [-0.3, -0.25) is 0 Å². The monoisotopic (exact) mass is 1110 g/mol. The Balaban J connectivity index is 1.13. The fourth-order valence-corrected chi connectivity index (χ4v) is 9.38. The lowest BCUT2D eigenvalue weighted by atomic mass is 10.0. The largest absolute Gasteiger partial charge is 0.494 e. The van der Waals surface area contributed by atoms with Crippen LogP contribution in [0.2, 0.25) is 0 Å². The van der Waals surface area contributed by atoms with E-state index < -0.39 is 35.1 Å². The predicted octanol–water partition coefficient (Wildman–Crippen LogP) is 19.4. The molecule has 0 saturated heterocycles. The van der Waals surface area contributed by atoms with Gasteiger partial charge < -0.3 is 28.4 Å². The average Bonchev–Trinajstić information content (AvgIpc) is 3.48. The number of esters is 4. The van der Waals surface area contributed by atoms with Crippen molar-refractivity contribution < 1.29 is 56.4 Å². The molecule has 0 aliphatic heterocycles. The molecule has 0 atom stereocenters. The summed E-state index contributed by atoms with van der Waals surface area (Å²) in [5, 5.41) is 0. The first-order valence-corrected chi connectivity index (χ1v) is 31.0. The highest BCUT2D eigenvalue weighted by Gasteiger charge is 2.20. The smallest absolute Gasteiger partial charge is 0.343 e. The van der Waals surface area contributed by atoms with Crippen molar-refractivity contribution in [1.82, 2.24) is 0 Å². The molecular weight excluding hydrogens is 1010 g/mol. The van der Waals surface area contributed by atoms with E-state index >= 15 is 8.78 Å². The Kier molecular flexibility index (Phi) is 38.8. The highest BCUT2D eigenvalue weighted by Crippen LogP contribution is 2.29. The number of rotatable bonds is 50. The van der Waals surface area contributed by atoms with Crippen LogP contribution in [0.3, 0.4) is 0 Å². The minimum absolute atomic E-state index is 0.139. The van der Waals surface area contributed by atoms with E-state index in [0.29, 0.717) is 61.2 Å². The summed E-state index contributed by atoms with van der Waals surface area (Å²) >= 11 is 0. The van der Waals surface area contributed by atoms with Crippen molar-refractivity contribution >= 4 is 23.9 Å². The van der Waals surface area contributed by atoms with Crippen LogP contribution in [0.4, 0.5) is 8.78 Å². The van der Waals surface area contributed by atoms with Gasteiger partial charge in [-0.25, -0.2) is 28.0 Å². The molecule has 0 fully saturated rings. The van der Waals surface area contributed by atoms with Crippen molar-refractivity contribution in [2.45, 2.75) is 245 Å². The maximum Gasteiger partial charge on any atom is 0.343 e. The molecule has 446 valence electrons. The van der Waals surface area contributed by atoms with Crippen molar-refractivity contribution in [2.24, 2.45) is 0 Å². The van der Waals surface area contributed by atoms with Crippen LogP contribution < -0.4 is 18.9 Å². The van der Waals surface area contributed by atoms with Crippen LogP contribution in [0, 0.1) is 11.6 Å². The summed E-state index contributed by atoms with van der Waals surface area (Å²) in [5.41, 5.74) is 1.20. The molecule has 0 heterocycles. The number of carbonyl (C=O) groups is 4. The van der Waals surface area contributed by atoms with Crippen molar-refractivity contribution in [1.29, 1.82) is 0 Å². The third-order valence-corrected chi connectivity index (χ3v) is 14.3. The molecule has 0 bridgehead atoms. The lowest BCUT2D eigenvalue weighted by Gasteiger charge is -2.11. The van der Waals surface area contributed by atoms with Crippen molar-refractivity contribution in [3.05, 3.63) is 108 Å². The predicted molar refractivity (Wildman–Crippen MR) is 318 cm³/mol. The van der Waals surface area contributed by atoms with Crippen LogP contribution in [0.25, 0.3) is 0 Å². The standard InChI is InChI=1S/C68H100F2O10/c1-55(2)65(71)77-51-39-35-31-27-23-19-15-11-7-5-9-13-17-21-25-29-33-37-49-75-59-45-41-57(42-46-59)67(73)79-63-53-62(70)64(54-61(63)69)80-68(74)58-43-47-60(48-44-58)76-50-38-34-30-26-22-18-14-10-6-8-12-16-20-24-28-32-36-40-52-78-66(72)56(3)4/h41-48,53-54H,1,3,5-40,49-52H2,2,4H3. The molecule has 3 rings (SSSR count). The van der Waals surface area contributed by atoms with E-state index in [9.17, 15) is 19.2 Å². The van der Waals surface area contributed by atoms with Crippen molar-refractivity contribution in [3.8, 4) is 23.0 Å². The Morgan fingerprint density at radius 3 is 0.775 bits per heavy atom. The summed E-state index contributed by atoms with van der Waals surface area (Å²) in [6, 6.07) is 14.0. The molecule has 0 N–H and O–H groups in total. The van der Waals surface area contributed by atoms with E-state index in [0.717, 1.165) is 51.4 Å². The zero-order valence-corrected chi connectivity index (χ0v) is 49.3. The zero-order valence-electron chi connectivity index (χ0n) is 49.3. The van der Waals surface area contributed by atoms with Gasteiger partial charge in [-0.15, -0.1) is 0 Å². The number of hydrogen-bond acceptors (Lipinski definition) is 10. The number of hydrogen-bond donors (Lipinski definition) is 0. The molecule has 0 aromatic heterocycles. The summed E-state index contributed by atoms with van der Waals surface area (Å²) in [7, 11) is 0. The first-order chi connectivity index (χ1) is 38.9. The Bertz CT molecular complexity index is 2020. The van der Waals surface area contributed by atoms with Crippen LogP contribution >= 0.6 is 0 Å². The number of halogens is 2. The summed E-state index contributed by atoms with van der Waals surface area (Å²) in [5.74, 6) is -4.50. The number of unbranched alkanes of at least 4 members (excludes halogenated alkanes) is 34. The van der Waals surface area contributed by atoms with Crippen LogP contribution in [-0.4, -0.2) is 50.3 Å². The summed E-state index contributed by atoms with van der Waals surface area (Å²) in [4.78, 5) is 48.4. The minimum atomic E-state index is -1.06. The Hall–Kier alpha value is -5.52. The molecule has 0 aliphatic rings. The third kappa shape index (κ3) is 33.9. The normalized spacial score (nSPS) is 11.1. The summed E-state index contributed by atoms with van der Waals surface area (Å²) < 4.78 is 62.4. The number of carbonyl (C=O) groups excluding carboxylic acids is 4. The van der Waals surface area contributed by atoms with Gasteiger partial charge in [-0.05, 0) is 88.1 Å². The molecule has 80 heavy (non-hydrogen) atoms. The Morgan fingerprint density at radius 2 is 0.550 bits per heavy atom. The topological polar surface area (TPSA) is 124 Å². The molecule has 0 saturated carbocycles. The van der Waals surface area contributed by atoms with Crippen LogP contribution in [0.5, 0.6) is 23.0 Å². The van der Waals surface area contributed by atoms with Gasteiger partial charge in [0, 0.05) is 23.3 Å². The lowest BCUT2D eigenvalue weighted by Crippen LogP contribution is -2.12. The molecule has 3 aromatic carbocycles. The van der Waals surface area contributed by atoms with Gasteiger partial charge in [-0.1, -0.05) is 219 Å². The Labute approximate surface area is 480 Å². The zero-order chi connectivity index (χ0) is 57.7. The van der Waals surface area contributed by atoms with Gasteiger partial charge in [0.1, 0.15) is 11.5 Å². The summed E-state index contributed by atoms with van der Waals surface area (Å²) in [6.45, 7) is 12.7. The van der Waals surface area contributed by atoms with Gasteiger partial charge in [0.25, 0.3) is 0 Å². The fourth-order valence-electron chi connectivity index (χ4n) is 9.38. The van der Waals surface area contributed by atoms with E-state index in [2.05, 4.69) is 13.2 Å². The molecule has 3 aromatic rings. The first-order valence-electron chi connectivity index (χ1n) is 31.0. The molecule has 0 spiro atoms. The van der Waals surface area contributed by atoms with Gasteiger partial charge in [0.05, 0.1) is 37.6 Å². The van der Waals surface area contributed by atoms with Crippen LogP contribution in [-0.2, 0) is 19.1 Å². The third-order valence-electron chi connectivity index (χ3n) is 14.3.